The number of furan rings is 1. The molecular weight excluding hydrogens is 170 g/mol. The summed E-state index contributed by atoms with van der Waals surface area (Å²) in [5.41, 5.74) is 0. The summed E-state index contributed by atoms with van der Waals surface area (Å²) in [5, 5.41) is 9.25. The maximum Gasteiger partial charge on any atom is 0.197 e. The zero-order valence-electron chi connectivity index (χ0n) is 7.82. The van der Waals surface area contributed by atoms with Gasteiger partial charge >= 0.3 is 0 Å². The fraction of sp³-hybridized carbons (Fsp3) is 0.333. The second-order valence-electron chi connectivity index (χ2n) is 2.38. The minimum Gasteiger partial charge on any atom is -0.624 e. The Kier molecular flexibility index (Phi) is 5.27. The molecule has 0 fully saturated rings. The molecule has 4 heteroatoms. The molecule has 0 unspecified atom stereocenters. The molecule has 0 N–H and O–H groups in total. The van der Waals surface area contributed by atoms with Crippen molar-refractivity contribution in [3.05, 3.63) is 29.4 Å². The number of carbonyl (C=O) groups excluding carboxylic acids is 1. The third-order valence-corrected chi connectivity index (χ3v) is 1.12. The van der Waals surface area contributed by atoms with E-state index >= 15 is 0 Å². The van der Waals surface area contributed by atoms with Crippen LogP contribution in [0.4, 0.5) is 0 Å². The van der Waals surface area contributed by atoms with Crippen LogP contribution in [0.1, 0.15) is 23.9 Å². The maximum absolute atomic E-state index is 10.8. The van der Waals surface area contributed by atoms with Crippen LogP contribution in [0.2, 0.25) is 0 Å². The van der Waals surface area contributed by atoms with Gasteiger partial charge in [0.2, 0.25) is 0 Å². The van der Waals surface area contributed by atoms with Gasteiger partial charge in [0.25, 0.3) is 0 Å². The van der Waals surface area contributed by atoms with Gasteiger partial charge in [-0.3, -0.25) is 4.79 Å². The zero-order valence-corrected chi connectivity index (χ0v) is 7.82. The zero-order chi connectivity index (χ0) is 10.3. The van der Waals surface area contributed by atoms with Gasteiger partial charge in [0.15, 0.2) is 11.5 Å². The van der Waals surface area contributed by atoms with Gasteiger partial charge < -0.3 is 9.62 Å². The highest BCUT2D eigenvalue weighted by molar-refractivity contribution is 5.93. The number of rotatable bonds is 2. The van der Waals surface area contributed by atoms with Crippen molar-refractivity contribution >= 4 is 12.5 Å². The van der Waals surface area contributed by atoms with Crippen molar-refractivity contribution in [2.75, 3.05) is 7.05 Å². The average Bonchev–Trinajstić information content (AvgIpc) is 2.54. The first-order valence-electron chi connectivity index (χ1n) is 3.86. The molecular formula is C9H13NO3. The summed E-state index contributed by atoms with van der Waals surface area (Å²) in [6.45, 7) is 4.73. The van der Waals surface area contributed by atoms with Gasteiger partial charge in [-0.1, -0.05) is 6.92 Å². The second-order valence-corrected chi connectivity index (χ2v) is 2.38. The molecule has 0 spiro atoms. The highest BCUT2D eigenvalue weighted by Crippen LogP contribution is 2.02. The number of ketones is 1. The van der Waals surface area contributed by atoms with Crippen LogP contribution in [0.3, 0.4) is 0 Å². The Hall–Kier alpha value is -1.58. The highest BCUT2D eigenvalue weighted by atomic mass is 16.5. The first-order valence-corrected chi connectivity index (χ1v) is 3.86. The summed E-state index contributed by atoms with van der Waals surface area (Å²) in [6, 6.07) is 3.38. The Balaban J connectivity index is 0.000000310. The van der Waals surface area contributed by atoms with Gasteiger partial charge in [0.1, 0.15) is 13.8 Å². The average molecular weight is 183 g/mol. The lowest BCUT2D eigenvalue weighted by Gasteiger charge is -1.86. The molecule has 1 aromatic rings. The quantitative estimate of drug-likeness (QED) is 0.230. The number of Topliss-reactive ketones (excluding diaryl/α,β-unsaturated/α-hetero) is 1. The summed E-state index contributed by atoms with van der Waals surface area (Å²) in [7, 11) is 1.33. The Labute approximate surface area is 77.1 Å². The molecule has 72 valence electrons. The van der Waals surface area contributed by atoms with E-state index in [4.69, 9.17) is 4.42 Å². The predicted molar refractivity (Wildman–Crippen MR) is 50.0 cm³/mol. The van der Waals surface area contributed by atoms with Crippen LogP contribution in [0.15, 0.2) is 22.8 Å². The van der Waals surface area contributed by atoms with E-state index in [1.807, 2.05) is 6.92 Å². The van der Waals surface area contributed by atoms with Crippen molar-refractivity contribution in [1.82, 2.24) is 0 Å². The van der Waals surface area contributed by atoms with Crippen LogP contribution in [0.5, 0.6) is 0 Å². The van der Waals surface area contributed by atoms with Gasteiger partial charge in [-0.25, -0.2) is 4.74 Å². The smallest absolute Gasteiger partial charge is 0.197 e. The number of hydrogen-bond donors (Lipinski definition) is 0. The van der Waals surface area contributed by atoms with E-state index in [1.54, 1.807) is 12.1 Å². The molecule has 1 heterocycles. The molecule has 1 rings (SSSR count). The highest BCUT2D eigenvalue weighted by Gasteiger charge is 2.02. The van der Waals surface area contributed by atoms with E-state index in [-0.39, 0.29) is 5.78 Å². The Morgan fingerprint density at radius 3 is 2.62 bits per heavy atom. The number of hydroxylamine groups is 1. The fourth-order valence-electron chi connectivity index (χ4n) is 0.611. The van der Waals surface area contributed by atoms with Crippen molar-refractivity contribution in [1.29, 1.82) is 0 Å². The van der Waals surface area contributed by atoms with Crippen LogP contribution >= 0.6 is 0 Å². The normalized spacial score (nSPS) is 8.46. The molecule has 4 nitrogen and oxygen atoms in total. The molecule has 13 heavy (non-hydrogen) atoms. The molecule has 0 aliphatic rings. The van der Waals surface area contributed by atoms with Gasteiger partial charge in [-0.2, -0.15) is 0 Å². The molecule has 0 saturated heterocycles. The van der Waals surface area contributed by atoms with Crippen LogP contribution in [-0.4, -0.2) is 24.3 Å². The summed E-state index contributed by atoms with van der Waals surface area (Å²) >= 11 is 0. The van der Waals surface area contributed by atoms with Gasteiger partial charge in [0, 0.05) is 6.42 Å². The Morgan fingerprint density at radius 2 is 2.31 bits per heavy atom. The van der Waals surface area contributed by atoms with Crippen molar-refractivity contribution in [3.63, 3.8) is 0 Å². The number of carbonyl (C=O) groups is 1. The fourth-order valence-corrected chi connectivity index (χ4v) is 0.611. The number of hydrogen-bond acceptors (Lipinski definition) is 3. The molecule has 0 atom stereocenters. The Bertz CT molecular complexity index is 260. The predicted octanol–water partition coefficient (Wildman–Crippen LogP) is 1.70. The lowest BCUT2D eigenvalue weighted by molar-refractivity contribution is -0.412. The van der Waals surface area contributed by atoms with Gasteiger partial charge in [0.05, 0.1) is 6.26 Å². The maximum atomic E-state index is 10.8. The first kappa shape index (κ1) is 11.4. The molecule has 0 aliphatic carbocycles. The first-order chi connectivity index (χ1) is 6.07. The largest absolute Gasteiger partial charge is 0.624 e. The van der Waals surface area contributed by atoms with Crippen LogP contribution < -0.4 is 0 Å². The summed E-state index contributed by atoms with van der Waals surface area (Å²) < 4.78 is 5.34. The minimum absolute atomic E-state index is 0.0556. The van der Waals surface area contributed by atoms with Crippen molar-refractivity contribution < 1.29 is 14.0 Å². The molecule has 0 saturated carbocycles. The molecule has 0 radical (unpaired) electrons. The molecule has 0 amide bonds. The Morgan fingerprint density at radius 1 is 1.77 bits per heavy atom. The van der Waals surface area contributed by atoms with Crippen molar-refractivity contribution in [2.24, 2.45) is 0 Å². The van der Waals surface area contributed by atoms with Crippen LogP contribution in [-0.2, 0) is 0 Å². The van der Waals surface area contributed by atoms with E-state index < -0.39 is 0 Å². The minimum atomic E-state index is 0.0556. The van der Waals surface area contributed by atoms with Crippen molar-refractivity contribution in [3.8, 4) is 0 Å². The topological polar surface area (TPSA) is 56.3 Å². The van der Waals surface area contributed by atoms with Gasteiger partial charge in [-0.05, 0) is 12.1 Å². The summed E-state index contributed by atoms with van der Waals surface area (Å²) in [4.78, 5) is 10.8. The van der Waals surface area contributed by atoms with Crippen LogP contribution in [0.25, 0.3) is 0 Å². The van der Waals surface area contributed by atoms with E-state index in [0.717, 1.165) is 0 Å². The summed E-state index contributed by atoms with van der Waals surface area (Å²) in [5.74, 6) is 0.512. The second kappa shape index (κ2) is 5.99. The van der Waals surface area contributed by atoms with E-state index in [1.165, 1.54) is 13.3 Å². The molecule has 0 aromatic carbocycles. The van der Waals surface area contributed by atoms with Crippen LogP contribution in [0, 0.1) is 5.21 Å². The third kappa shape index (κ3) is 5.66. The van der Waals surface area contributed by atoms with E-state index in [9.17, 15) is 10.0 Å². The van der Waals surface area contributed by atoms with E-state index in [2.05, 4.69) is 6.72 Å². The molecule has 1 aromatic heterocycles. The molecule has 0 aliphatic heterocycles. The number of nitrogens with zero attached hydrogens (tertiary/aromatic N) is 1. The SMILES string of the molecule is C=[N+](C)[O-].CCC(=O)c1ccco1. The standard InChI is InChI=1S/C7H8O2.C2H5NO/c1-2-6(8)7-4-3-5-9-7;1-3(2)4/h3-5H,2H2,1H3;1H2,2H3. The monoisotopic (exact) mass is 183 g/mol. The van der Waals surface area contributed by atoms with Gasteiger partial charge in [-0.15, -0.1) is 0 Å². The van der Waals surface area contributed by atoms with E-state index in [0.29, 0.717) is 16.9 Å². The third-order valence-electron chi connectivity index (χ3n) is 1.12. The molecule has 0 bridgehead atoms. The van der Waals surface area contributed by atoms with Crippen molar-refractivity contribution in [2.45, 2.75) is 13.3 Å². The lowest BCUT2D eigenvalue weighted by atomic mass is 10.2. The summed E-state index contributed by atoms with van der Waals surface area (Å²) in [6.07, 6.45) is 2.01. The lowest BCUT2D eigenvalue weighted by Crippen LogP contribution is -1.91.